The van der Waals surface area contributed by atoms with Crippen molar-refractivity contribution in [2.75, 3.05) is 0 Å². The average Bonchev–Trinajstić information content (AvgIpc) is 2.64. The highest BCUT2D eigenvalue weighted by Crippen LogP contribution is 2.17. The second kappa shape index (κ2) is 19.6. The molecule has 1 aromatic carbocycles. The van der Waals surface area contributed by atoms with Crippen LogP contribution in [0.1, 0.15) is 109 Å². The zero-order chi connectivity index (χ0) is 18.0. The lowest BCUT2D eigenvalue weighted by molar-refractivity contribution is 0.532. The summed E-state index contributed by atoms with van der Waals surface area (Å²) in [6.07, 6.45) is 22.3. The highest BCUT2D eigenvalue weighted by Gasteiger charge is 2.03. The van der Waals surface area contributed by atoms with E-state index >= 15 is 0 Å². The number of halogens is 1. The van der Waals surface area contributed by atoms with Gasteiger partial charge in [0.25, 0.3) is 0 Å². The summed E-state index contributed by atoms with van der Waals surface area (Å²) >= 11 is 4.77. The molecule has 0 aliphatic carbocycles. The zero-order valence-electron chi connectivity index (χ0n) is 17.1. The van der Waals surface area contributed by atoms with Crippen LogP contribution in [0.25, 0.3) is 0 Å². The van der Waals surface area contributed by atoms with Gasteiger partial charge in [-0.15, -0.1) is 12.4 Å². The van der Waals surface area contributed by atoms with E-state index in [-0.39, 0.29) is 12.4 Å². The Morgan fingerprint density at radius 2 is 1.12 bits per heavy atom. The first-order chi connectivity index (χ1) is 12.3. The van der Waals surface area contributed by atoms with Crippen LogP contribution in [0.3, 0.4) is 0 Å². The second-order valence-electron chi connectivity index (χ2n) is 7.71. The van der Waals surface area contributed by atoms with Crippen LogP contribution in [0.4, 0.5) is 0 Å². The van der Waals surface area contributed by atoms with Gasteiger partial charge in [-0.1, -0.05) is 121 Å². The fourth-order valence-electron chi connectivity index (χ4n) is 3.52. The third-order valence-electron chi connectivity index (χ3n) is 5.25. The van der Waals surface area contributed by atoms with Crippen molar-refractivity contribution in [2.24, 2.45) is 0 Å². The Morgan fingerprint density at radius 1 is 0.654 bits per heavy atom. The van der Waals surface area contributed by atoms with E-state index in [0.717, 1.165) is 0 Å². The van der Waals surface area contributed by atoms with Crippen LogP contribution < -0.4 is 0 Å². The summed E-state index contributed by atoms with van der Waals surface area (Å²) in [6.45, 7) is 2.29. The molecule has 0 fully saturated rings. The number of unbranched alkanes of at least 4 members (excludes halogenated alkanes) is 12. The van der Waals surface area contributed by atoms with Gasteiger partial charge in [-0.3, -0.25) is 0 Å². The van der Waals surface area contributed by atoms with Crippen molar-refractivity contribution >= 4 is 25.0 Å². The number of rotatable bonds is 17. The van der Waals surface area contributed by atoms with E-state index < -0.39 is 0 Å². The molecule has 0 spiro atoms. The molecule has 0 saturated heterocycles. The molecule has 1 unspecified atom stereocenters. The molecule has 0 nitrogen and oxygen atoms in total. The number of hydrogen-bond donors (Lipinski definition) is 1. The van der Waals surface area contributed by atoms with Crippen LogP contribution in [0.5, 0.6) is 0 Å². The van der Waals surface area contributed by atoms with Crippen molar-refractivity contribution in [3.63, 3.8) is 0 Å². The number of hydrogen-bond acceptors (Lipinski definition) is 1. The first-order valence-electron chi connectivity index (χ1n) is 11.0. The van der Waals surface area contributed by atoms with Crippen molar-refractivity contribution in [1.82, 2.24) is 0 Å². The molecule has 1 atom stereocenters. The van der Waals surface area contributed by atoms with Crippen molar-refractivity contribution in [3.05, 3.63) is 35.9 Å². The molecule has 0 aliphatic rings. The van der Waals surface area contributed by atoms with Gasteiger partial charge < -0.3 is 0 Å². The molecule has 1 rings (SSSR count). The Balaban J connectivity index is 0.00000625. The van der Waals surface area contributed by atoms with Crippen molar-refractivity contribution in [3.8, 4) is 0 Å². The summed E-state index contributed by atoms with van der Waals surface area (Å²) in [4.78, 5) is 0. The minimum absolute atomic E-state index is 0. The van der Waals surface area contributed by atoms with Gasteiger partial charge in [-0.25, -0.2) is 0 Å². The van der Waals surface area contributed by atoms with Crippen molar-refractivity contribution < 1.29 is 0 Å². The normalized spacial score (nSPS) is 11.9. The first-order valence-corrected chi connectivity index (χ1v) is 11.6. The molecular weight excluding hydrogens is 356 g/mol. The molecule has 0 N–H and O–H groups in total. The lowest BCUT2D eigenvalue weighted by Gasteiger charge is -2.10. The summed E-state index contributed by atoms with van der Waals surface area (Å²) < 4.78 is 0. The zero-order valence-corrected chi connectivity index (χ0v) is 18.8. The Labute approximate surface area is 175 Å². The third kappa shape index (κ3) is 16.1. The Bertz CT molecular complexity index is 379. The number of aryl methyl sites for hydroxylation is 1. The molecule has 0 aliphatic heterocycles. The van der Waals surface area contributed by atoms with E-state index in [1.165, 1.54) is 108 Å². The molecular formula is C24H43ClS. The largest absolute Gasteiger partial charge is 0.176 e. The molecule has 0 saturated carbocycles. The molecule has 26 heavy (non-hydrogen) atoms. The minimum Gasteiger partial charge on any atom is -0.176 e. The van der Waals surface area contributed by atoms with Gasteiger partial charge in [0, 0.05) is 5.25 Å². The van der Waals surface area contributed by atoms with Crippen LogP contribution >= 0.6 is 25.0 Å². The van der Waals surface area contributed by atoms with Gasteiger partial charge in [0.15, 0.2) is 0 Å². The number of benzene rings is 1. The monoisotopic (exact) mass is 398 g/mol. The van der Waals surface area contributed by atoms with E-state index in [4.69, 9.17) is 12.6 Å². The van der Waals surface area contributed by atoms with Crippen molar-refractivity contribution in [2.45, 2.75) is 115 Å². The van der Waals surface area contributed by atoms with Crippen LogP contribution in [-0.4, -0.2) is 5.25 Å². The molecule has 0 radical (unpaired) electrons. The van der Waals surface area contributed by atoms with Gasteiger partial charge >= 0.3 is 0 Å². The summed E-state index contributed by atoms with van der Waals surface area (Å²) in [7, 11) is 0. The van der Waals surface area contributed by atoms with Crippen LogP contribution in [0.2, 0.25) is 0 Å². The van der Waals surface area contributed by atoms with Gasteiger partial charge in [0.05, 0.1) is 0 Å². The topological polar surface area (TPSA) is 0 Å². The lowest BCUT2D eigenvalue weighted by atomic mass is 10.0. The highest BCUT2D eigenvalue weighted by molar-refractivity contribution is 7.80. The van der Waals surface area contributed by atoms with Crippen LogP contribution in [0, 0.1) is 0 Å². The summed E-state index contributed by atoms with van der Waals surface area (Å²) in [6, 6.07) is 10.8. The van der Waals surface area contributed by atoms with Crippen LogP contribution in [0.15, 0.2) is 30.3 Å². The van der Waals surface area contributed by atoms with E-state index in [1.807, 2.05) is 0 Å². The first kappa shape index (κ1) is 25.9. The molecule has 0 bridgehead atoms. The number of thiol groups is 1. The summed E-state index contributed by atoms with van der Waals surface area (Å²) in [5.41, 5.74) is 1.45. The standard InChI is InChI=1S/C24H42S.ClH/c1-2-3-4-5-6-7-8-9-10-11-12-13-17-20-24(25)22-21-23-18-15-14-16-19-23;/h14-16,18-19,24-25H,2-13,17,20-22H2,1H3;1H. The quantitative estimate of drug-likeness (QED) is 0.196. The molecule has 0 amide bonds. The minimum atomic E-state index is 0. The van der Waals surface area contributed by atoms with E-state index in [0.29, 0.717) is 5.25 Å². The highest BCUT2D eigenvalue weighted by atomic mass is 35.5. The molecule has 152 valence electrons. The predicted octanol–water partition coefficient (Wildman–Crippen LogP) is 8.82. The molecule has 2 heteroatoms. The average molecular weight is 399 g/mol. The summed E-state index contributed by atoms with van der Waals surface area (Å²) in [5.74, 6) is 0. The Morgan fingerprint density at radius 3 is 1.62 bits per heavy atom. The van der Waals surface area contributed by atoms with E-state index in [9.17, 15) is 0 Å². The van der Waals surface area contributed by atoms with Crippen molar-refractivity contribution in [1.29, 1.82) is 0 Å². The fourth-order valence-corrected chi connectivity index (χ4v) is 3.83. The maximum atomic E-state index is 4.77. The maximum absolute atomic E-state index is 4.77. The molecule has 1 aromatic rings. The Hall–Kier alpha value is -0.140. The lowest BCUT2D eigenvalue weighted by Crippen LogP contribution is -2.01. The SMILES string of the molecule is CCCCCCCCCCCCCCCC(S)CCc1ccccc1.Cl. The molecule has 0 aromatic heterocycles. The van der Waals surface area contributed by atoms with Gasteiger partial charge in [-0.05, 0) is 24.8 Å². The maximum Gasteiger partial charge on any atom is 0.00199 e. The third-order valence-corrected chi connectivity index (χ3v) is 5.77. The second-order valence-corrected chi connectivity index (χ2v) is 8.44. The fraction of sp³-hybridized carbons (Fsp3) is 0.750. The summed E-state index contributed by atoms with van der Waals surface area (Å²) in [5, 5.41) is 0.577. The van der Waals surface area contributed by atoms with Gasteiger partial charge in [0.1, 0.15) is 0 Å². The Kier molecular flexibility index (Phi) is 19.5. The van der Waals surface area contributed by atoms with E-state index in [2.05, 4.69) is 37.3 Å². The van der Waals surface area contributed by atoms with Crippen LogP contribution in [-0.2, 0) is 6.42 Å². The predicted molar refractivity (Wildman–Crippen MR) is 125 cm³/mol. The van der Waals surface area contributed by atoms with Gasteiger partial charge in [-0.2, -0.15) is 12.6 Å². The van der Waals surface area contributed by atoms with Gasteiger partial charge in [0.2, 0.25) is 0 Å². The smallest absolute Gasteiger partial charge is 0.00199 e. The van der Waals surface area contributed by atoms with E-state index in [1.54, 1.807) is 0 Å². The molecule has 0 heterocycles.